The van der Waals surface area contributed by atoms with Gasteiger partial charge >= 0.3 is 0 Å². The Labute approximate surface area is 127 Å². The standard InChI is InChI=1S/C14H16Cl2N2O2/c15-11-2-1-9(7-12(11)16)18-6-4-13(14(18)20)17-5-3-10(19)8-17/h1-2,7,10,13,19H,3-6,8H2/t10-,13?/m0/s1. The lowest BCUT2D eigenvalue weighted by molar-refractivity contribution is -0.121. The van der Waals surface area contributed by atoms with Crippen molar-refractivity contribution < 1.29 is 9.90 Å². The average Bonchev–Trinajstić information content (AvgIpc) is 2.99. The molecule has 2 fully saturated rings. The second-order valence-electron chi connectivity index (χ2n) is 5.33. The number of carbonyl (C=O) groups is 1. The summed E-state index contributed by atoms with van der Waals surface area (Å²) in [6.07, 6.45) is 1.23. The van der Waals surface area contributed by atoms with Crippen LogP contribution in [0.4, 0.5) is 5.69 Å². The number of rotatable bonds is 2. The Kier molecular flexibility index (Phi) is 3.91. The van der Waals surface area contributed by atoms with E-state index in [0.29, 0.717) is 23.1 Å². The normalized spacial score (nSPS) is 27.6. The Hall–Kier alpha value is -0.810. The third-order valence-electron chi connectivity index (χ3n) is 4.03. The Morgan fingerprint density at radius 3 is 2.60 bits per heavy atom. The minimum Gasteiger partial charge on any atom is -0.392 e. The van der Waals surface area contributed by atoms with Gasteiger partial charge in [0.25, 0.3) is 0 Å². The van der Waals surface area contributed by atoms with Gasteiger partial charge in [0.1, 0.15) is 0 Å². The smallest absolute Gasteiger partial charge is 0.244 e. The van der Waals surface area contributed by atoms with Crippen LogP contribution >= 0.6 is 23.2 Å². The molecule has 6 heteroatoms. The van der Waals surface area contributed by atoms with Gasteiger partial charge in [-0.15, -0.1) is 0 Å². The number of hydrogen-bond donors (Lipinski definition) is 1. The molecule has 0 aromatic heterocycles. The minimum absolute atomic E-state index is 0.0810. The van der Waals surface area contributed by atoms with Gasteiger partial charge in [0.2, 0.25) is 5.91 Å². The molecule has 1 aromatic carbocycles. The number of β-amino-alcohol motifs (C(OH)–C–C–N with tert-alkyl or cyclic N) is 1. The van der Waals surface area contributed by atoms with Crippen molar-refractivity contribution in [3.8, 4) is 0 Å². The number of aliphatic hydroxyl groups is 1. The molecule has 1 amide bonds. The predicted octanol–water partition coefficient (Wildman–Crippen LogP) is 2.17. The number of halogens is 2. The fraction of sp³-hybridized carbons (Fsp3) is 0.500. The van der Waals surface area contributed by atoms with E-state index in [1.165, 1.54) is 0 Å². The lowest BCUT2D eigenvalue weighted by Gasteiger charge is -2.23. The van der Waals surface area contributed by atoms with Crippen LogP contribution < -0.4 is 4.90 Å². The van der Waals surface area contributed by atoms with Crippen molar-refractivity contribution in [2.24, 2.45) is 0 Å². The van der Waals surface area contributed by atoms with Crippen molar-refractivity contribution in [2.45, 2.75) is 25.0 Å². The number of benzene rings is 1. The molecule has 0 radical (unpaired) electrons. The van der Waals surface area contributed by atoms with Crippen LogP contribution in [0.15, 0.2) is 18.2 Å². The van der Waals surface area contributed by atoms with Gasteiger partial charge in [-0.05, 0) is 31.0 Å². The van der Waals surface area contributed by atoms with Gasteiger partial charge in [0.05, 0.1) is 22.2 Å². The van der Waals surface area contributed by atoms with Crippen LogP contribution in [0.2, 0.25) is 10.0 Å². The molecular formula is C14H16Cl2N2O2. The average molecular weight is 315 g/mol. The van der Waals surface area contributed by atoms with E-state index in [2.05, 4.69) is 4.90 Å². The highest BCUT2D eigenvalue weighted by Gasteiger charge is 2.39. The zero-order valence-corrected chi connectivity index (χ0v) is 12.4. The molecule has 3 rings (SSSR count). The van der Waals surface area contributed by atoms with E-state index in [4.69, 9.17) is 23.2 Å². The monoisotopic (exact) mass is 314 g/mol. The van der Waals surface area contributed by atoms with Crippen LogP contribution in [0.25, 0.3) is 0 Å². The summed E-state index contributed by atoms with van der Waals surface area (Å²) in [5.41, 5.74) is 0.784. The summed E-state index contributed by atoms with van der Waals surface area (Å²) in [6, 6.07) is 5.12. The molecule has 4 nitrogen and oxygen atoms in total. The first-order chi connectivity index (χ1) is 9.56. The molecule has 1 aromatic rings. The summed E-state index contributed by atoms with van der Waals surface area (Å²) in [7, 11) is 0. The Bertz CT molecular complexity index is 538. The maximum Gasteiger partial charge on any atom is 0.244 e. The third kappa shape index (κ3) is 2.53. The van der Waals surface area contributed by atoms with Gasteiger partial charge in [-0.2, -0.15) is 0 Å². The number of hydrogen-bond acceptors (Lipinski definition) is 3. The van der Waals surface area contributed by atoms with Crippen molar-refractivity contribution in [3.05, 3.63) is 28.2 Å². The molecule has 0 spiro atoms. The van der Waals surface area contributed by atoms with E-state index in [0.717, 1.165) is 25.1 Å². The number of carbonyl (C=O) groups excluding carboxylic acids is 1. The molecule has 2 heterocycles. The molecule has 1 N–H and O–H groups in total. The lowest BCUT2D eigenvalue weighted by atomic mass is 10.2. The highest BCUT2D eigenvalue weighted by molar-refractivity contribution is 6.42. The fourth-order valence-electron chi connectivity index (χ4n) is 2.96. The molecule has 0 bridgehead atoms. The summed E-state index contributed by atoms with van der Waals surface area (Å²) >= 11 is 11.9. The molecule has 108 valence electrons. The van der Waals surface area contributed by atoms with Crippen LogP contribution in [0.1, 0.15) is 12.8 Å². The second kappa shape index (κ2) is 5.53. The van der Waals surface area contributed by atoms with E-state index in [9.17, 15) is 9.90 Å². The Morgan fingerprint density at radius 2 is 1.95 bits per heavy atom. The maximum atomic E-state index is 12.5. The molecule has 1 unspecified atom stereocenters. The van der Waals surface area contributed by atoms with Crippen molar-refractivity contribution >= 4 is 34.8 Å². The summed E-state index contributed by atoms with van der Waals surface area (Å²) in [5, 5.41) is 10.5. The maximum absolute atomic E-state index is 12.5. The zero-order valence-electron chi connectivity index (χ0n) is 10.9. The lowest BCUT2D eigenvalue weighted by Crippen LogP contribution is -2.41. The minimum atomic E-state index is -0.304. The van der Waals surface area contributed by atoms with Crippen molar-refractivity contribution in [2.75, 3.05) is 24.5 Å². The van der Waals surface area contributed by atoms with Crippen LogP contribution in [0.5, 0.6) is 0 Å². The van der Waals surface area contributed by atoms with E-state index >= 15 is 0 Å². The molecule has 2 aliphatic heterocycles. The number of nitrogens with zero attached hydrogens (tertiary/aromatic N) is 2. The van der Waals surface area contributed by atoms with Crippen LogP contribution in [-0.2, 0) is 4.79 Å². The van der Waals surface area contributed by atoms with E-state index in [1.807, 2.05) is 6.07 Å². The van der Waals surface area contributed by atoms with E-state index < -0.39 is 0 Å². The van der Waals surface area contributed by atoms with Gasteiger partial charge in [0, 0.05) is 25.3 Å². The third-order valence-corrected chi connectivity index (χ3v) is 4.77. The Balaban J connectivity index is 1.76. The van der Waals surface area contributed by atoms with Crippen LogP contribution in [0, 0.1) is 0 Å². The van der Waals surface area contributed by atoms with E-state index in [-0.39, 0.29) is 18.1 Å². The number of amides is 1. The van der Waals surface area contributed by atoms with E-state index in [1.54, 1.807) is 17.0 Å². The van der Waals surface area contributed by atoms with Gasteiger partial charge in [-0.25, -0.2) is 0 Å². The predicted molar refractivity (Wildman–Crippen MR) is 79.4 cm³/mol. The van der Waals surface area contributed by atoms with Gasteiger partial charge in [0.15, 0.2) is 0 Å². The first-order valence-electron chi connectivity index (χ1n) is 6.75. The molecule has 0 aliphatic carbocycles. The first kappa shape index (κ1) is 14.1. The summed E-state index contributed by atoms with van der Waals surface area (Å²) < 4.78 is 0. The van der Waals surface area contributed by atoms with Gasteiger partial charge in [-0.3, -0.25) is 9.69 Å². The first-order valence-corrected chi connectivity index (χ1v) is 7.50. The highest BCUT2D eigenvalue weighted by atomic mass is 35.5. The van der Waals surface area contributed by atoms with Gasteiger partial charge in [-0.1, -0.05) is 23.2 Å². The quantitative estimate of drug-likeness (QED) is 0.910. The molecule has 0 saturated carbocycles. The van der Waals surface area contributed by atoms with Crippen molar-refractivity contribution in [1.82, 2.24) is 4.90 Å². The zero-order chi connectivity index (χ0) is 14.3. The number of anilines is 1. The summed E-state index contributed by atoms with van der Waals surface area (Å²) in [4.78, 5) is 16.3. The fourth-order valence-corrected chi connectivity index (χ4v) is 3.26. The molecule has 2 atom stereocenters. The van der Waals surface area contributed by atoms with Crippen molar-refractivity contribution in [1.29, 1.82) is 0 Å². The molecule has 2 aliphatic rings. The Morgan fingerprint density at radius 1 is 1.15 bits per heavy atom. The largest absolute Gasteiger partial charge is 0.392 e. The van der Waals surface area contributed by atoms with Crippen LogP contribution in [-0.4, -0.2) is 47.7 Å². The topological polar surface area (TPSA) is 43.8 Å². The summed E-state index contributed by atoms with van der Waals surface area (Å²) in [6.45, 7) is 2.05. The van der Waals surface area contributed by atoms with Crippen molar-refractivity contribution in [3.63, 3.8) is 0 Å². The molecule has 2 saturated heterocycles. The van der Waals surface area contributed by atoms with Crippen LogP contribution in [0.3, 0.4) is 0 Å². The number of likely N-dealkylation sites (tertiary alicyclic amines) is 1. The number of aliphatic hydroxyl groups excluding tert-OH is 1. The van der Waals surface area contributed by atoms with Gasteiger partial charge < -0.3 is 10.0 Å². The SMILES string of the molecule is O=C1C(N2CC[C@H](O)C2)CCN1c1ccc(Cl)c(Cl)c1. The summed E-state index contributed by atoms with van der Waals surface area (Å²) in [5.74, 6) is 0.0810. The molecular weight excluding hydrogens is 299 g/mol. The molecule has 20 heavy (non-hydrogen) atoms. The highest BCUT2D eigenvalue weighted by Crippen LogP contribution is 2.31. The second-order valence-corrected chi connectivity index (χ2v) is 6.14.